The predicted octanol–water partition coefficient (Wildman–Crippen LogP) is 8.30. The van der Waals surface area contributed by atoms with Gasteiger partial charge in [-0.2, -0.15) is 0 Å². The third-order valence-corrected chi connectivity index (χ3v) is 7.71. The average Bonchev–Trinajstić information content (AvgIpc) is 2.97. The number of carbonyl (C=O) groups is 3. The van der Waals surface area contributed by atoms with Gasteiger partial charge in [-0.1, -0.05) is 142 Å². The van der Waals surface area contributed by atoms with Crippen molar-refractivity contribution in [1.82, 2.24) is 4.90 Å². The van der Waals surface area contributed by atoms with Crippen molar-refractivity contribution in [2.24, 2.45) is 0 Å². The summed E-state index contributed by atoms with van der Waals surface area (Å²) in [6.07, 6.45) is 27.8. The highest BCUT2D eigenvalue weighted by Gasteiger charge is 2.14. The lowest BCUT2D eigenvalue weighted by Crippen LogP contribution is -2.39. The number of ether oxygens (including phenoxy) is 2. The van der Waals surface area contributed by atoms with Crippen molar-refractivity contribution in [1.29, 1.82) is 0 Å². The van der Waals surface area contributed by atoms with Gasteiger partial charge in [0, 0.05) is 12.8 Å². The van der Waals surface area contributed by atoms with E-state index in [1.54, 1.807) is 0 Å². The minimum atomic E-state index is -0.626. The second kappa shape index (κ2) is 31.3. The van der Waals surface area contributed by atoms with E-state index in [4.69, 9.17) is 9.47 Å². The van der Waals surface area contributed by atoms with Gasteiger partial charge in [-0.25, -0.2) is 0 Å². The van der Waals surface area contributed by atoms with Crippen molar-refractivity contribution in [3.63, 3.8) is 0 Å². The fraction of sp³-hybridized carbons (Fsp3) is 0.912. The number of nitrogens with zero attached hydrogens (tertiary/aromatic N) is 1. The van der Waals surface area contributed by atoms with Gasteiger partial charge in [-0.3, -0.25) is 14.4 Å². The highest BCUT2D eigenvalue weighted by atomic mass is 16.5. The van der Waals surface area contributed by atoms with E-state index in [9.17, 15) is 19.5 Å². The van der Waals surface area contributed by atoms with Gasteiger partial charge in [0.25, 0.3) is 0 Å². The molecule has 0 saturated carbocycles. The van der Waals surface area contributed by atoms with Crippen LogP contribution in [0.1, 0.15) is 168 Å². The molecule has 0 saturated heterocycles. The SMILES string of the molecule is CCCCCCCCCCCCCC(=O)OCCN(CCOC(=O)CCCCCCCCCCCCC)C(=O)CO. The molecular formula is C34H65NO6. The summed E-state index contributed by atoms with van der Waals surface area (Å²) in [7, 11) is 0. The van der Waals surface area contributed by atoms with Crippen molar-refractivity contribution < 1.29 is 29.0 Å². The van der Waals surface area contributed by atoms with Crippen LogP contribution in [-0.2, 0) is 23.9 Å². The topological polar surface area (TPSA) is 93.1 Å². The molecule has 0 spiro atoms. The van der Waals surface area contributed by atoms with Crippen LogP contribution in [0.4, 0.5) is 0 Å². The van der Waals surface area contributed by atoms with Gasteiger partial charge in [0.05, 0.1) is 13.1 Å². The number of carbonyl (C=O) groups excluding carboxylic acids is 3. The molecule has 1 amide bonds. The van der Waals surface area contributed by atoms with E-state index in [1.807, 2.05) is 0 Å². The minimum Gasteiger partial charge on any atom is -0.464 e. The maximum absolute atomic E-state index is 12.0. The van der Waals surface area contributed by atoms with Crippen molar-refractivity contribution >= 4 is 17.8 Å². The molecule has 7 heteroatoms. The van der Waals surface area contributed by atoms with Gasteiger partial charge in [0.15, 0.2) is 0 Å². The van der Waals surface area contributed by atoms with E-state index >= 15 is 0 Å². The number of aliphatic hydroxyl groups excluding tert-OH is 1. The van der Waals surface area contributed by atoms with E-state index in [1.165, 1.54) is 108 Å². The van der Waals surface area contributed by atoms with Gasteiger partial charge < -0.3 is 19.5 Å². The zero-order chi connectivity index (χ0) is 30.2. The van der Waals surface area contributed by atoms with Crippen LogP contribution in [0.25, 0.3) is 0 Å². The molecule has 0 heterocycles. The van der Waals surface area contributed by atoms with E-state index in [2.05, 4.69) is 13.8 Å². The number of amides is 1. The Hall–Kier alpha value is -1.63. The van der Waals surface area contributed by atoms with Crippen LogP contribution in [0.2, 0.25) is 0 Å². The Morgan fingerprint density at radius 3 is 1.07 bits per heavy atom. The fourth-order valence-electron chi connectivity index (χ4n) is 5.01. The number of hydrogen-bond acceptors (Lipinski definition) is 6. The summed E-state index contributed by atoms with van der Waals surface area (Å²) in [5, 5.41) is 9.25. The smallest absolute Gasteiger partial charge is 0.305 e. The monoisotopic (exact) mass is 583 g/mol. The molecule has 0 aliphatic carbocycles. The second-order valence-electron chi connectivity index (χ2n) is 11.6. The normalized spacial score (nSPS) is 11.0. The van der Waals surface area contributed by atoms with Crippen LogP contribution in [0.15, 0.2) is 0 Å². The van der Waals surface area contributed by atoms with Crippen LogP contribution in [0, 0.1) is 0 Å². The van der Waals surface area contributed by atoms with E-state index in [0.717, 1.165) is 38.5 Å². The Balaban J connectivity index is 3.76. The maximum atomic E-state index is 12.0. The first-order valence-corrected chi connectivity index (χ1v) is 17.2. The zero-order valence-corrected chi connectivity index (χ0v) is 26.9. The Labute approximate surface area is 252 Å². The first-order chi connectivity index (χ1) is 20.0. The predicted molar refractivity (Wildman–Crippen MR) is 168 cm³/mol. The largest absolute Gasteiger partial charge is 0.464 e. The maximum Gasteiger partial charge on any atom is 0.305 e. The molecule has 0 rings (SSSR count). The fourth-order valence-corrected chi connectivity index (χ4v) is 5.01. The summed E-state index contributed by atoms with van der Waals surface area (Å²) in [4.78, 5) is 37.5. The third-order valence-electron chi connectivity index (χ3n) is 7.71. The van der Waals surface area contributed by atoms with Crippen LogP contribution in [0.3, 0.4) is 0 Å². The lowest BCUT2D eigenvalue weighted by atomic mass is 10.1. The number of hydrogen-bond donors (Lipinski definition) is 1. The van der Waals surface area contributed by atoms with Gasteiger partial charge >= 0.3 is 11.9 Å². The molecule has 41 heavy (non-hydrogen) atoms. The lowest BCUT2D eigenvalue weighted by Gasteiger charge is -2.21. The Kier molecular flexibility index (Phi) is 30.1. The molecule has 0 aliphatic heterocycles. The quantitative estimate of drug-likeness (QED) is 0.0652. The molecule has 0 bridgehead atoms. The van der Waals surface area contributed by atoms with Crippen molar-refractivity contribution in [2.75, 3.05) is 32.9 Å². The summed E-state index contributed by atoms with van der Waals surface area (Å²) in [6, 6.07) is 0. The van der Waals surface area contributed by atoms with Crippen LogP contribution >= 0.6 is 0 Å². The highest BCUT2D eigenvalue weighted by molar-refractivity contribution is 5.77. The van der Waals surface area contributed by atoms with E-state index in [-0.39, 0.29) is 38.2 Å². The standard InChI is InChI=1S/C34H65NO6/c1-3-5-7-9-11-13-15-17-19-21-23-25-33(38)40-29-27-35(32(37)31-36)28-30-41-34(39)26-24-22-20-18-16-14-12-10-8-6-4-2/h36H,3-31H2,1-2H3. The first-order valence-electron chi connectivity index (χ1n) is 17.2. The Bertz CT molecular complexity index is 568. The van der Waals surface area contributed by atoms with Gasteiger partial charge in [-0.05, 0) is 12.8 Å². The van der Waals surface area contributed by atoms with Crippen LogP contribution in [0.5, 0.6) is 0 Å². The molecule has 0 aromatic heterocycles. The molecule has 1 N–H and O–H groups in total. The van der Waals surface area contributed by atoms with Crippen molar-refractivity contribution in [2.45, 2.75) is 168 Å². The van der Waals surface area contributed by atoms with E-state index in [0.29, 0.717) is 12.8 Å². The van der Waals surface area contributed by atoms with Crippen LogP contribution < -0.4 is 0 Å². The number of rotatable bonds is 31. The molecule has 0 fully saturated rings. The van der Waals surface area contributed by atoms with Crippen molar-refractivity contribution in [3.8, 4) is 0 Å². The summed E-state index contributed by atoms with van der Waals surface area (Å²) >= 11 is 0. The summed E-state index contributed by atoms with van der Waals surface area (Å²) in [6.45, 7) is 4.37. The Morgan fingerprint density at radius 2 is 0.780 bits per heavy atom. The van der Waals surface area contributed by atoms with Gasteiger partial charge in [-0.15, -0.1) is 0 Å². The molecule has 7 nitrogen and oxygen atoms in total. The number of aliphatic hydroxyl groups is 1. The summed E-state index contributed by atoms with van der Waals surface area (Å²) in [5.74, 6) is -0.973. The van der Waals surface area contributed by atoms with Gasteiger partial charge in [0.1, 0.15) is 19.8 Å². The zero-order valence-electron chi connectivity index (χ0n) is 26.9. The molecule has 0 atom stereocenters. The minimum absolute atomic E-state index is 0.0787. The van der Waals surface area contributed by atoms with Crippen molar-refractivity contribution in [3.05, 3.63) is 0 Å². The highest BCUT2D eigenvalue weighted by Crippen LogP contribution is 2.13. The van der Waals surface area contributed by atoms with Gasteiger partial charge in [0.2, 0.25) is 5.91 Å². The van der Waals surface area contributed by atoms with Crippen LogP contribution in [-0.4, -0.2) is 60.8 Å². The number of esters is 2. The lowest BCUT2D eigenvalue weighted by molar-refractivity contribution is -0.148. The molecular weight excluding hydrogens is 518 g/mol. The molecule has 0 aliphatic rings. The number of unbranched alkanes of at least 4 members (excludes halogenated alkanes) is 20. The molecule has 0 unspecified atom stereocenters. The Morgan fingerprint density at radius 1 is 0.488 bits per heavy atom. The summed E-state index contributed by atoms with van der Waals surface area (Å²) in [5.41, 5.74) is 0. The molecule has 0 aromatic rings. The molecule has 0 radical (unpaired) electrons. The second-order valence-corrected chi connectivity index (χ2v) is 11.6. The first kappa shape index (κ1) is 39.4. The molecule has 0 aromatic carbocycles. The van der Waals surface area contributed by atoms with E-state index < -0.39 is 12.5 Å². The third kappa shape index (κ3) is 28.3. The molecule has 242 valence electrons. The average molecular weight is 584 g/mol. The summed E-state index contributed by atoms with van der Waals surface area (Å²) < 4.78 is 10.6.